The monoisotopic (exact) mass is 416 g/mol. The number of hydrogen-bond donors (Lipinski definition) is 0. The number of carbonyl (C=O) groups excluding carboxylic acids is 1. The molecule has 3 aromatic rings. The van der Waals surface area contributed by atoms with E-state index in [0.717, 1.165) is 44.2 Å². The molecule has 0 atom stereocenters. The molecule has 1 fully saturated rings. The van der Waals surface area contributed by atoms with E-state index in [9.17, 15) is 4.79 Å². The summed E-state index contributed by atoms with van der Waals surface area (Å²) in [5, 5.41) is 0.987. The molecule has 1 aliphatic rings. The van der Waals surface area contributed by atoms with Gasteiger partial charge in [-0.05, 0) is 42.8 Å². The van der Waals surface area contributed by atoms with Gasteiger partial charge in [-0.1, -0.05) is 27.3 Å². The number of benzene rings is 1. The van der Waals surface area contributed by atoms with Gasteiger partial charge in [-0.2, -0.15) is 0 Å². The molecule has 0 saturated carbocycles. The number of aryl methyl sites for hydroxylation is 1. The second-order valence-electron chi connectivity index (χ2n) is 6.06. The minimum Gasteiger partial charge on any atom is -0.344 e. The third kappa shape index (κ3) is 3.26. The van der Waals surface area contributed by atoms with Crippen molar-refractivity contribution in [1.82, 2.24) is 14.9 Å². The van der Waals surface area contributed by atoms with Crippen molar-refractivity contribution in [3.05, 3.63) is 52.1 Å². The van der Waals surface area contributed by atoms with Crippen molar-refractivity contribution in [1.29, 1.82) is 0 Å². The van der Waals surface area contributed by atoms with Gasteiger partial charge in [-0.15, -0.1) is 0 Å². The summed E-state index contributed by atoms with van der Waals surface area (Å²) in [6.45, 7) is 4.97. The van der Waals surface area contributed by atoms with Crippen LogP contribution in [0, 0.1) is 6.92 Å². The van der Waals surface area contributed by atoms with E-state index in [1.807, 2.05) is 42.2 Å². The largest absolute Gasteiger partial charge is 0.344 e. The molecule has 1 saturated heterocycles. The fourth-order valence-corrected chi connectivity index (χ4v) is 4.47. The van der Waals surface area contributed by atoms with Gasteiger partial charge < -0.3 is 9.80 Å². The average Bonchev–Trinajstić information content (AvgIpc) is 3.05. The van der Waals surface area contributed by atoms with Crippen LogP contribution in [0.3, 0.4) is 0 Å². The lowest BCUT2D eigenvalue weighted by Gasteiger charge is -2.34. The lowest BCUT2D eigenvalue weighted by molar-refractivity contribution is 0.0746. The number of pyridine rings is 1. The number of hydrogen-bond acceptors (Lipinski definition) is 5. The minimum absolute atomic E-state index is 0.107. The average molecular weight is 417 g/mol. The summed E-state index contributed by atoms with van der Waals surface area (Å²) >= 11 is 5.06. The molecule has 25 heavy (non-hydrogen) atoms. The third-order valence-corrected chi connectivity index (χ3v) is 5.94. The number of rotatable bonds is 2. The SMILES string of the molecule is Cc1cc(Br)ccc1C(=O)N1CCN(c2nc3cccnc3s2)CC1. The summed E-state index contributed by atoms with van der Waals surface area (Å²) in [4.78, 5) is 26.9. The molecule has 0 aliphatic carbocycles. The molecule has 0 unspecified atom stereocenters. The molecule has 3 heterocycles. The highest BCUT2D eigenvalue weighted by Gasteiger charge is 2.24. The minimum atomic E-state index is 0.107. The summed E-state index contributed by atoms with van der Waals surface area (Å²) in [6.07, 6.45) is 1.79. The van der Waals surface area contributed by atoms with Gasteiger partial charge >= 0.3 is 0 Å². The molecule has 5 nitrogen and oxygen atoms in total. The van der Waals surface area contributed by atoms with Crippen LogP contribution in [-0.4, -0.2) is 47.0 Å². The Balaban J connectivity index is 1.46. The highest BCUT2D eigenvalue weighted by Crippen LogP contribution is 2.28. The van der Waals surface area contributed by atoms with E-state index in [1.54, 1.807) is 17.5 Å². The fraction of sp³-hybridized carbons (Fsp3) is 0.278. The molecular formula is C18H17BrN4OS. The van der Waals surface area contributed by atoms with E-state index in [1.165, 1.54) is 0 Å². The quantitative estimate of drug-likeness (QED) is 0.638. The van der Waals surface area contributed by atoms with Crippen molar-refractivity contribution in [2.75, 3.05) is 31.1 Å². The van der Waals surface area contributed by atoms with Crippen LogP contribution in [-0.2, 0) is 0 Å². The van der Waals surface area contributed by atoms with E-state index in [2.05, 4.69) is 30.8 Å². The van der Waals surface area contributed by atoms with Crippen molar-refractivity contribution in [2.45, 2.75) is 6.92 Å². The maximum atomic E-state index is 12.8. The number of nitrogens with zero attached hydrogens (tertiary/aromatic N) is 4. The van der Waals surface area contributed by atoms with Crippen LogP contribution < -0.4 is 4.90 Å². The molecule has 0 N–H and O–H groups in total. The topological polar surface area (TPSA) is 49.3 Å². The Morgan fingerprint density at radius 1 is 1.20 bits per heavy atom. The molecule has 0 bridgehead atoms. The van der Waals surface area contributed by atoms with Crippen LogP contribution in [0.2, 0.25) is 0 Å². The molecule has 7 heteroatoms. The van der Waals surface area contributed by atoms with Gasteiger partial charge in [-0.25, -0.2) is 9.97 Å². The zero-order valence-corrected chi connectivity index (χ0v) is 16.2. The van der Waals surface area contributed by atoms with Crippen molar-refractivity contribution in [3.8, 4) is 0 Å². The number of anilines is 1. The molecule has 4 rings (SSSR count). The molecule has 1 aliphatic heterocycles. The summed E-state index contributed by atoms with van der Waals surface area (Å²) in [6, 6.07) is 9.69. The van der Waals surface area contributed by atoms with Crippen molar-refractivity contribution in [2.24, 2.45) is 0 Å². The Morgan fingerprint density at radius 3 is 2.72 bits per heavy atom. The first-order valence-electron chi connectivity index (χ1n) is 8.14. The Labute approximate surface area is 158 Å². The van der Waals surface area contributed by atoms with Gasteiger partial charge in [0.15, 0.2) is 5.13 Å². The summed E-state index contributed by atoms with van der Waals surface area (Å²) < 4.78 is 0.996. The molecule has 1 amide bonds. The van der Waals surface area contributed by atoms with Crippen molar-refractivity contribution >= 4 is 48.7 Å². The Bertz CT molecular complexity index is 901. The highest BCUT2D eigenvalue weighted by atomic mass is 79.9. The van der Waals surface area contributed by atoms with Gasteiger partial charge in [0.1, 0.15) is 10.3 Å². The summed E-state index contributed by atoms with van der Waals surface area (Å²) in [5.41, 5.74) is 2.71. The molecule has 1 aromatic carbocycles. The van der Waals surface area contributed by atoms with E-state index in [0.29, 0.717) is 13.1 Å². The predicted octanol–water partition coefficient (Wildman–Crippen LogP) is 3.72. The number of amides is 1. The van der Waals surface area contributed by atoms with Crippen LogP contribution in [0.5, 0.6) is 0 Å². The van der Waals surface area contributed by atoms with E-state index in [-0.39, 0.29) is 5.91 Å². The Hall–Kier alpha value is -1.99. The number of carbonyl (C=O) groups is 1. The van der Waals surface area contributed by atoms with Gasteiger partial charge in [0.2, 0.25) is 0 Å². The van der Waals surface area contributed by atoms with Crippen LogP contribution in [0.15, 0.2) is 41.0 Å². The molecule has 2 aromatic heterocycles. The zero-order chi connectivity index (χ0) is 17.4. The number of thiazole rings is 1. The van der Waals surface area contributed by atoms with Crippen LogP contribution in [0.4, 0.5) is 5.13 Å². The number of fused-ring (bicyclic) bond motifs is 1. The molecule has 0 spiro atoms. The van der Waals surface area contributed by atoms with Gasteiger partial charge in [0.25, 0.3) is 5.91 Å². The third-order valence-electron chi connectivity index (χ3n) is 4.41. The lowest BCUT2D eigenvalue weighted by atomic mass is 10.1. The maximum absolute atomic E-state index is 12.8. The zero-order valence-electron chi connectivity index (χ0n) is 13.8. The first kappa shape index (κ1) is 16.5. The summed E-state index contributed by atoms with van der Waals surface area (Å²) in [5.74, 6) is 0.107. The second-order valence-corrected chi connectivity index (χ2v) is 7.93. The van der Waals surface area contributed by atoms with Gasteiger partial charge in [0.05, 0.1) is 0 Å². The van der Waals surface area contributed by atoms with Crippen molar-refractivity contribution < 1.29 is 4.79 Å². The van der Waals surface area contributed by atoms with Crippen molar-refractivity contribution in [3.63, 3.8) is 0 Å². The Morgan fingerprint density at radius 2 is 2.00 bits per heavy atom. The predicted molar refractivity (Wildman–Crippen MR) is 104 cm³/mol. The van der Waals surface area contributed by atoms with E-state index < -0.39 is 0 Å². The first-order chi connectivity index (χ1) is 12.1. The highest BCUT2D eigenvalue weighted by molar-refractivity contribution is 9.10. The van der Waals surface area contributed by atoms with Crippen LogP contribution in [0.25, 0.3) is 10.3 Å². The number of aromatic nitrogens is 2. The first-order valence-corrected chi connectivity index (χ1v) is 9.75. The maximum Gasteiger partial charge on any atom is 0.254 e. The van der Waals surface area contributed by atoms with E-state index >= 15 is 0 Å². The van der Waals surface area contributed by atoms with E-state index in [4.69, 9.17) is 0 Å². The lowest BCUT2D eigenvalue weighted by Crippen LogP contribution is -2.48. The molecule has 0 radical (unpaired) electrons. The molecular weight excluding hydrogens is 400 g/mol. The standard InChI is InChI=1S/C18H17BrN4OS/c1-12-11-13(19)4-5-14(12)17(24)22-7-9-23(10-8-22)18-21-15-3-2-6-20-16(15)25-18/h2-6,11H,7-10H2,1H3. The van der Waals surface area contributed by atoms with Gasteiger partial charge in [-0.3, -0.25) is 4.79 Å². The molecule has 128 valence electrons. The normalized spacial score (nSPS) is 15.0. The van der Waals surface area contributed by atoms with Crippen LogP contribution in [0.1, 0.15) is 15.9 Å². The van der Waals surface area contributed by atoms with Gasteiger partial charge in [0, 0.05) is 42.4 Å². The number of halogens is 1. The number of piperazine rings is 1. The van der Waals surface area contributed by atoms with Crippen LogP contribution >= 0.6 is 27.3 Å². The summed E-state index contributed by atoms with van der Waals surface area (Å²) in [7, 11) is 0. The Kier molecular flexibility index (Phi) is 4.43. The fourth-order valence-electron chi connectivity index (χ4n) is 3.03. The second kappa shape index (κ2) is 6.72. The smallest absolute Gasteiger partial charge is 0.254 e.